The van der Waals surface area contributed by atoms with Gasteiger partial charge in [0.05, 0.1) is 6.04 Å². The summed E-state index contributed by atoms with van der Waals surface area (Å²) in [5.41, 5.74) is 5.67. The Balaban J connectivity index is 2.64. The van der Waals surface area contributed by atoms with Gasteiger partial charge < -0.3 is 16.4 Å². The Kier molecular flexibility index (Phi) is 3.65. The monoisotopic (exact) mass is 227 g/mol. The van der Waals surface area contributed by atoms with E-state index >= 15 is 0 Å². The van der Waals surface area contributed by atoms with Crippen LogP contribution in [0, 0.1) is 0 Å². The number of amides is 1. The highest BCUT2D eigenvalue weighted by atomic mass is 16.2. The van der Waals surface area contributed by atoms with Crippen LogP contribution in [0.15, 0.2) is 0 Å². The molecular weight excluding hydrogens is 202 g/mol. The third-order valence-electron chi connectivity index (χ3n) is 2.95. The van der Waals surface area contributed by atoms with Crippen LogP contribution in [-0.2, 0) is 4.79 Å². The summed E-state index contributed by atoms with van der Waals surface area (Å²) < 4.78 is 0. The van der Waals surface area contributed by atoms with Gasteiger partial charge in [-0.2, -0.15) is 0 Å². The summed E-state index contributed by atoms with van der Waals surface area (Å²) in [4.78, 5) is 11.6. The minimum atomic E-state index is -0.430. The van der Waals surface area contributed by atoms with Gasteiger partial charge in [0.2, 0.25) is 5.91 Å². The van der Waals surface area contributed by atoms with Crippen molar-refractivity contribution in [3.05, 3.63) is 0 Å². The first-order valence-corrected chi connectivity index (χ1v) is 5.97. The van der Waals surface area contributed by atoms with E-state index in [1.165, 1.54) is 0 Å². The molecule has 1 heterocycles. The smallest absolute Gasteiger partial charge is 0.236 e. The standard InChI is InChI=1S/C12H25N3O/c1-8(13)10(16)14-9-6-11(2,3)15-12(4,5)7-9/h8-9,15H,6-7,13H2,1-5H3,(H,14,16)/t8-/m0/s1. The summed E-state index contributed by atoms with van der Waals surface area (Å²) >= 11 is 0. The van der Waals surface area contributed by atoms with Crippen LogP contribution in [0.3, 0.4) is 0 Å². The second-order valence-electron chi connectivity index (χ2n) is 6.30. The average Bonchev–Trinajstić information content (AvgIpc) is 1.96. The molecule has 4 N–H and O–H groups in total. The van der Waals surface area contributed by atoms with Gasteiger partial charge in [-0.15, -0.1) is 0 Å². The van der Waals surface area contributed by atoms with Crippen LogP contribution in [0.2, 0.25) is 0 Å². The molecule has 1 aliphatic rings. The van der Waals surface area contributed by atoms with Crippen molar-refractivity contribution in [2.75, 3.05) is 0 Å². The van der Waals surface area contributed by atoms with Crippen molar-refractivity contribution in [1.29, 1.82) is 0 Å². The number of hydrogen-bond donors (Lipinski definition) is 3. The van der Waals surface area contributed by atoms with Crippen molar-refractivity contribution in [2.45, 2.75) is 70.6 Å². The molecule has 0 saturated carbocycles. The van der Waals surface area contributed by atoms with Crippen LogP contribution in [0.1, 0.15) is 47.5 Å². The lowest BCUT2D eigenvalue weighted by Gasteiger charge is -2.46. The van der Waals surface area contributed by atoms with Crippen LogP contribution >= 0.6 is 0 Å². The van der Waals surface area contributed by atoms with Crippen molar-refractivity contribution in [3.63, 3.8) is 0 Å². The Morgan fingerprint density at radius 3 is 2.12 bits per heavy atom. The zero-order chi connectivity index (χ0) is 12.6. The molecule has 4 heteroatoms. The van der Waals surface area contributed by atoms with Crippen LogP contribution in [0.25, 0.3) is 0 Å². The van der Waals surface area contributed by atoms with Crippen molar-refractivity contribution < 1.29 is 4.79 Å². The molecule has 0 unspecified atom stereocenters. The first-order chi connectivity index (χ1) is 7.11. The van der Waals surface area contributed by atoms with Crippen LogP contribution in [0.4, 0.5) is 0 Å². The predicted octanol–water partition coefficient (Wildman–Crippen LogP) is 0.759. The van der Waals surface area contributed by atoms with E-state index in [2.05, 4.69) is 38.3 Å². The second kappa shape index (κ2) is 4.34. The number of piperidine rings is 1. The molecular formula is C12H25N3O. The highest BCUT2D eigenvalue weighted by molar-refractivity contribution is 5.81. The minimum absolute atomic E-state index is 0.0531. The zero-order valence-electron chi connectivity index (χ0n) is 11.1. The number of carbonyl (C=O) groups is 1. The normalized spacial score (nSPS) is 26.1. The quantitative estimate of drug-likeness (QED) is 0.652. The van der Waals surface area contributed by atoms with Crippen LogP contribution in [-0.4, -0.2) is 29.1 Å². The lowest BCUT2D eigenvalue weighted by Crippen LogP contribution is -2.62. The van der Waals surface area contributed by atoms with Gasteiger partial charge >= 0.3 is 0 Å². The zero-order valence-corrected chi connectivity index (χ0v) is 11.1. The molecule has 0 radical (unpaired) electrons. The van der Waals surface area contributed by atoms with Gasteiger partial charge in [0.1, 0.15) is 0 Å². The molecule has 1 rings (SSSR count). The van der Waals surface area contributed by atoms with E-state index in [0.717, 1.165) is 12.8 Å². The summed E-state index contributed by atoms with van der Waals surface area (Å²) in [6, 6.07) is -0.217. The van der Waals surface area contributed by atoms with Gasteiger partial charge in [0, 0.05) is 17.1 Å². The minimum Gasteiger partial charge on any atom is -0.352 e. The van der Waals surface area contributed by atoms with Gasteiger partial charge in [-0.05, 0) is 47.5 Å². The fourth-order valence-electron chi connectivity index (χ4n) is 2.76. The molecule has 1 amide bonds. The molecule has 94 valence electrons. The Morgan fingerprint density at radius 2 is 1.75 bits per heavy atom. The Bertz CT molecular complexity index is 255. The molecule has 1 saturated heterocycles. The molecule has 16 heavy (non-hydrogen) atoms. The van der Waals surface area contributed by atoms with E-state index < -0.39 is 6.04 Å². The fourth-order valence-corrected chi connectivity index (χ4v) is 2.76. The molecule has 0 aromatic rings. The van der Waals surface area contributed by atoms with E-state index in [-0.39, 0.29) is 23.0 Å². The Hall–Kier alpha value is -0.610. The molecule has 1 aliphatic heterocycles. The summed E-state index contributed by atoms with van der Waals surface area (Å²) in [5, 5.41) is 6.61. The number of rotatable bonds is 2. The first kappa shape index (κ1) is 13.5. The topological polar surface area (TPSA) is 67.2 Å². The molecule has 0 aromatic carbocycles. The van der Waals surface area contributed by atoms with E-state index in [0.29, 0.717) is 0 Å². The van der Waals surface area contributed by atoms with E-state index in [1.54, 1.807) is 6.92 Å². The summed E-state index contributed by atoms with van der Waals surface area (Å²) in [6.45, 7) is 10.4. The molecule has 0 aliphatic carbocycles. The van der Waals surface area contributed by atoms with E-state index in [1.807, 2.05) is 0 Å². The third kappa shape index (κ3) is 3.76. The van der Waals surface area contributed by atoms with Crippen molar-refractivity contribution in [1.82, 2.24) is 10.6 Å². The molecule has 1 fully saturated rings. The van der Waals surface area contributed by atoms with E-state index in [4.69, 9.17) is 5.73 Å². The van der Waals surface area contributed by atoms with Gasteiger partial charge in [-0.3, -0.25) is 4.79 Å². The maximum Gasteiger partial charge on any atom is 0.236 e. The van der Waals surface area contributed by atoms with Gasteiger partial charge in [0.25, 0.3) is 0 Å². The Morgan fingerprint density at radius 1 is 1.31 bits per heavy atom. The molecule has 0 bridgehead atoms. The van der Waals surface area contributed by atoms with Gasteiger partial charge in [-0.25, -0.2) is 0 Å². The van der Waals surface area contributed by atoms with Crippen LogP contribution < -0.4 is 16.4 Å². The van der Waals surface area contributed by atoms with Gasteiger partial charge in [0.15, 0.2) is 0 Å². The first-order valence-electron chi connectivity index (χ1n) is 5.97. The van der Waals surface area contributed by atoms with E-state index in [9.17, 15) is 4.79 Å². The lowest BCUT2D eigenvalue weighted by atomic mass is 9.79. The average molecular weight is 227 g/mol. The van der Waals surface area contributed by atoms with Crippen molar-refractivity contribution in [2.24, 2.45) is 5.73 Å². The number of hydrogen-bond acceptors (Lipinski definition) is 3. The number of nitrogens with one attached hydrogen (secondary N) is 2. The van der Waals surface area contributed by atoms with Crippen LogP contribution in [0.5, 0.6) is 0 Å². The van der Waals surface area contributed by atoms with Crippen molar-refractivity contribution >= 4 is 5.91 Å². The molecule has 0 aromatic heterocycles. The fraction of sp³-hybridized carbons (Fsp3) is 0.917. The lowest BCUT2D eigenvalue weighted by molar-refractivity contribution is -0.123. The largest absolute Gasteiger partial charge is 0.352 e. The number of nitrogens with two attached hydrogens (primary N) is 1. The van der Waals surface area contributed by atoms with Crippen molar-refractivity contribution in [3.8, 4) is 0 Å². The SMILES string of the molecule is C[C@H](N)C(=O)NC1CC(C)(C)NC(C)(C)C1. The second-order valence-corrected chi connectivity index (χ2v) is 6.30. The molecule has 1 atom stereocenters. The molecule has 4 nitrogen and oxygen atoms in total. The predicted molar refractivity (Wildman–Crippen MR) is 66.1 cm³/mol. The summed E-state index contributed by atoms with van der Waals surface area (Å²) in [7, 11) is 0. The highest BCUT2D eigenvalue weighted by Gasteiger charge is 2.38. The third-order valence-corrected chi connectivity index (χ3v) is 2.95. The summed E-state index contributed by atoms with van der Waals surface area (Å²) in [5.74, 6) is -0.0569. The Labute approximate surface area is 98.3 Å². The summed E-state index contributed by atoms with van der Waals surface area (Å²) in [6.07, 6.45) is 1.88. The number of carbonyl (C=O) groups excluding carboxylic acids is 1. The molecule has 0 spiro atoms. The van der Waals surface area contributed by atoms with Gasteiger partial charge in [-0.1, -0.05) is 0 Å². The maximum atomic E-state index is 11.6. The maximum absolute atomic E-state index is 11.6. The highest BCUT2D eigenvalue weighted by Crippen LogP contribution is 2.28.